The highest BCUT2D eigenvalue weighted by Crippen LogP contribution is 2.30. The monoisotopic (exact) mass is 317 g/mol. The van der Waals surface area contributed by atoms with Crippen LogP contribution in [0.25, 0.3) is 0 Å². The van der Waals surface area contributed by atoms with Crippen molar-refractivity contribution in [2.75, 3.05) is 6.54 Å². The molecule has 0 radical (unpaired) electrons. The summed E-state index contributed by atoms with van der Waals surface area (Å²) in [5.74, 6) is -0.319. The van der Waals surface area contributed by atoms with Crippen molar-refractivity contribution >= 4 is 39.0 Å². The fraction of sp³-hybridized carbons (Fsp3) is 0.500. The number of ketones is 1. The van der Waals surface area contributed by atoms with Crippen molar-refractivity contribution in [3.05, 3.63) is 20.8 Å². The Balaban J connectivity index is 2.55. The van der Waals surface area contributed by atoms with E-state index >= 15 is 0 Å². The molecule has 1 amide bonds. The van der Waals surface area contributed by atoms with Gasteiger partial charge in [0.1, 0.15) is 5.78 Å². The van der Waals surface area contributed by atoms with E-state index in [-0.39, 0.29) is 23.5 Å². The maximum Gasteiger partial charge on any atom is 0.227 e. The Hall–Kier alpha value is -0.680. The lowest BCUT2D eigenvalue weighted by atomic mass is 9.91. The minimum Gasteiger partial charge on any atom is -0.355 e. The van der Waals surface area contributed by atoms with E-state index in [0.29, 0.717) is 6.54 Å². The molecule has 0 saturated carbocycles. The molecule has 0 bridgehead atoms. The van der Waals surface area contributed by atoms with Crippen LogP contribution in [0.2, 0.25) is 0 Å². The fourth-order valence-corrected chi connectivity index (χ4v) is 2.92. The highest BCUT2D eigenvalue weighted by molar-refractivity contribution is 9.10. The Morgan fingerprint density at radius 2 is 2.12 bits per heavy atom. The first-order valence-corrected chi connectivity index (χ1v) is 6.99. The van der Waals surface area contributed by atoms with E-state index in [9.17, 15) is 9.59 Å². The number of carbonyl (C=O) groups excluding carboxylic acids is 2. The Morgan fingerprint density at radius 3 is 2.59 bits per heavy atom. The van der Waals surface area contributed by atoms with Crippen LogP contribution in [-0.4, -0.2) is 18.2 Å². The number of Topliss-reactive ketones (excluding diaryl/α,β-unsaturated/α-hetero) is 1. The van der Waals surface area contributed by atoms with Crippen molar-refractivity contribution in [1.82, 2.24) is 5.32 Å². The van der Waals surface area contributed by atoms with Crippen LogP contribution in [0.3, 0.4) is 0 Å². The number of amides is 1. The van der Waals surface area contributed by atoms with Crippen molar-refractivity contribution in [2.24, 2.45) is 0 Å². The Labute approximate surface area is 114 Å². The largest absolute Gasteiger partial charge is 0.355 e. The Kier molecular flexibility index (Phi) is 4.89. The summed E-state index contributed by atoms with van der Waals surface area (Å²) in [5, 5.41) is 4.82. The third-order valence-electron chi connectivity index (χ3n) is 2.37. The summed E-state index contributed by atoms with van der Waals surface area (Å²) < 4.78 is 1.06. The van der Waals surface area contributed by atoms with Crippen molar-refractivity contribution in [3.8, 4) is 0 Å². The summed E-state index contributed by atoms with van der Waals surface area (Å²) in [4.78, 5) is 23.4. The second-order valence-electron chi connectivity index (χ2n) is 4.67. The summed E-state index contributed by atoms with van der Waals surface area (Å²) in [6.45, 7) is 6.09. The molecule has 0 unspecified atom stereocenters. The van der Waals surface area contributed by atoms with Gasteiger partial charge in [0, 0.05) is 26.7 Å². The van der Waals surface area contributed by atoms with E-state index in [1.807, 2.05) is 5.38 Å². The van der Waals surface area contributed by atoms with E-state index in [1.165, 1.54) is 11.8 Å². The Bertz CT molecular complexity index is 426. The molecular formula is C12H16BrNO2S. The molecule has 3 nitrogen and oxygen atoms in total. The average molecular weight is 318 g/mol. The second kappa shape index (κ2) is 5.78. The number of thiophene rings is 1. The van der Waals surface area contributed by atoms with Crippen LogP contribution in [0.1, 0.15) is 32.1 Å². The van der Waals surface area contributed by atoms with Gasteiger partial charge in [-0.2, -0.15) is 0 Å². The lowest BCUT2D eigenvalue weighted by Gasteiger charge is -2.23. The third-order valence-corrected chi connectivity index (χ3v) is 4.43. The van der Waals surface area contributed by atoms with Crippen LogP contribution in [0.5, 0.6) is 0 Å². The van der Waals surface area contributed by atoms with Crippen LogP contribution >= 0.6 is 27.3 Å². The van der Waals surface area contributed by atoms with Gasteiger partial charge in [-0.3, -0.25) is 9.59 Å². The molecule has 1 rings (SSSR count). The molecule has 5 heteroatoms. The van der Waals surface area contributed by atoms with Crippen molar-refractivity contribution in [1.29, 1.82) is 0 Å². The van der Waals surface area contributed by atoms with Gasteiger partial charge in [-0.05, 0) is 28.9 Å². The van der Waals surface area contributed by atoms with Crippen molar-refractivity contribution in [3.63, 3.8) is 0 Å². The first-order chi connectivity index (χ1) is 7.81. The van der Waals surface area contributed by atoms with E-state index < -0.39 is 0 Å². The summed E-state index contributed by atoms with van der Waals surface area (Å²) >= 11 is 5.07. The van der Waals surface area contributed by atoms with Gasteiger partial charge in [0.25, 0.3) is 0 Å². The van der Waals surface area contributed by atoms with E-state index in [2.05, 4.69) is 41.2 Å². The van der Waals surface area contributed by atoms with Gasteiger partial charge in [-0.1, -0.05) is 13.8 Å². The maximum atomic E-state index is 11.4. The van der Waals surface area contributed by atoms with Crippen LogP contribution in [-0.2, 0) is 15.0 Å². The molecule has 0 aliphatic heterocycles. The van der Waals surface area contributed by atoms with Gasteiger partial charge in [-0.25, -0.2) is 0 Å². The van der Waals surface area contributed by atoms with Gasteiger partial charge >= 0.3 is 0 Å². The number of hydrogen-bond acceptors (Lipinski definition) is 3. The second-order valence-corrected chi connectivity index (χ2v) is 6.50. The number of nitrogens with one attached hydrogen (secondary N) is 1. The molecule has 94 valence electrons. The summed E-state index contributed by atoms with van der Waals surface area (Å²) in [7, 11) is 0. The average Bonchev–Trinajstić information content (AvgIpc) is 2.62. The predicted molar refractivity (Wildman–Crippen MR) is 73.4 cm³/mol. The molecule has 1 aromatic heterocycles. The lowest BCUT2D eigenvalue weighted by molar-refractivity contribution is -0.127. The molecule has 0 fully saturated rings. The summed E-state index contributed by atoms with van der Waals surface area (Å²) in [6, 6.07) is 2.06. The predicted octanol–water partition coefficient (Wildman–Crippen LogP) is 2.88. The van der Waals surface area contributed by atoms with Crippen LogP contribution in [0, 0.1) is 0 Å². The number of rotatable bonds is 5. The van der Waals surface area contributed by atoms with E-state index in [4.69, 9.17) is 0 Å². The molecule has 0 aliphatic carbocycles. The zero-order valence-electron chi connectivity index (χ0n) is 10.2. The molecule has 0 aromatic carbocycles. The lowest BCUT2D eigenvalue weighted by Crippen LogP contribution is -2.36. The summed E-state index contributed by atoms with van der Waals surface area (Å²) in [5.41, 5.74) is -0.122. The van der Waals surface area contributed by atoms with Gasteiger partial charge in [0.05, 0.1) is 6.42 Å². The molecule has 0 aliphatic rings. The number of halogens is 1. The first kappa shape index (κ1) is 14.4. The molecule has 0 atom stereocenters. The molecule has 1 N–H and O–H groups in total. The molecule has 1 heterocycles. The van der Waals surface area contributed by atoms with Gasteiger partial charge in [0.2, 0.25) is 5.91 Å². The standard InChI is InChI=1S/C12H16BrNO2S/c1-8(15)4-11(16)14-7-12(2,3)10-5-9(13)6-17-10/h5-6H,4,7H2,1-3H3,(H,14,16). The third kappa shape index (κ3) is 4.60. The zero-order valence-corrected chi connectivity index (χ0v) is 12.6. The quantitative estimate of drug-likeness (QED) is 0.849. The first-order valence-electron chi connectivity index (χ1n) is 5.32. The zero-order chi connectivity index (χ0) is 13.1. The normalized spacial score (nSPS) is 11.3. The van der Waals surface area contributed by atoms with Crippen LogP contribution < -0.4 is 5.32 Å². The fourth-order valence-electron chi connectivity index (χ4n) is 1.36. The van der Waals surface area contributed by atoms with Crippen LogP contribution in [0.15, 0.2) is 15.9 Å². The number of hydrogen-bond donors (Lipinski definition) is 1. The topological polar surface area (TPSA) is 46.2 Å². The van der Waals surface area contributed by atoms with Crippen molar-refractivity contribution < 1.29 is 9.59 Å². The number of carbonyl (C=O) groups is 2. The summed E-state index contributed by atoms with van der Waals surface area (Å²) in [6.07, 6.45) is -0.0375. The van der Waals surface area contributed by atoms with Crippen LogP contribution in [0.4, 0.5) is 0 Å². The maximum absolute atomic E-state index is 11.4. The smallest absolute Gasteiger partial charge is 0.227 e. The molecule has 1 aromatic rings. The Morgan fingerprint density at radius 1 is 1.47 bits per heavy atom. The van der Waals surface area contributed by atoms with Gasteiger partial charge in [0.15, 0.2) is 0 Å². The highest BCUT2D eigenvalue weighted by Gasteiger charge is 2.23. The molecular weight excluding hydrogens is 302 g/mol. The van der Waals surface area contributed by atoms with Gasteiger partial charge < -0.3 is 5.32 Å². The molecule has 0 saturated heterocycles. The van der Waals surface area contributed by atoms with E-state index in [0.717, 1.165) is 4.47 Å². The molecule has 0 spiro atoms. The highest BCUT2D eigenvalue weighted by atomic mass is 79.9. The minimum absolute atomic E-state index is 0.0375. The SMILES string of the molecule is CC(=O)CC(=O)NCC(C)(C)c1cc(Br)cs1. The van der Waals surface area contributed by atoms with Gasteiger partial charge in [-0.15, -0.1) is 11.3 Å². The minimum atomic E-state index is -0.207. The van der Waals surface area contributed by atoms with E-state index in [1.54, 1.807) is 11.3 Å². The van der Waals surface area contributed by atoms with Crippen molar-refractivity contribution in [2.45, 2.75) is 32.6 Å². The molecule has 17 heavy (non-hydrogen) atoms.